The lowest BCUT2D eigenvalue weighted by molar-refractivity contribution is -0.138. The Hall–Kier alpha value is -3.84. The smallest absolute Gasteiger partial charge is 0.322 e. The molecule has 1 aromatic heterocycles. The first kappa shape index (κ1) is 27.2. The Balaban J connectivity index is 1.60. The van der Waals surface area contributed by atoms with Crippen molar-refractivity contribution < 1.29 is 27.4 Å². The highest BCUT2D eigenvalue weighted by atomic mass is 35.5. The number of nitrogens with zero attached hydrogens (tertiary/aromatic N) is 1. The summed E-state index contributed by atoms with van der Waals surface area (Å²) in [5, 5.41) is 11.0. The number of hydrogen-bond donors (Lipinski definition) is 2. The molecular formula is C28H24ClFN2O5S. The fraction of sp³-hybridized carbons (Fsp3) is 0.179. The van der Waals surface area contributed by atoms with Gasteiger partial charge in [0.1, 0.15) is 24.2 Å². The van der Waals surface area contributed by atoms with E-state index in [9.17, 15) is 22.7 Å². The molecule has 0 aliphatic carbocycles. The third-order valence-electron chi connectivity index (χ3n) is 5.81. The van der Waals surface area contributed by atoms with Crippen molar-refractivity contribution in [2.45, 2.75) is 30.8 Å². The van der Waals surface area contributed by atoms with Crippen molar-refractivity contribution in [1.29, 1.82) is 0 Å². The van der Waals surface area contributed by atoms with E-state index in [-0.39, 0.29) is 23.7 Å². The molecular weight excluding hydrogens is 531 g/mol. The van der Waals surface area contributed by atoms with E-state index in [0.717, 1.165) is 5.52 Å². The lowest BCUT2D eigenvalue weighted by Gasteiger charge is -2.15. The van der Waals surface area contributed by atoms with Gasteiger partial charge in [0.2, 0.25) is 10.0 Å². The molecule has 38 heavy (non-hydrogen) atoms. The summed E-state index contributed by atoms with van der Waals surface area (Å²) >= 11 is 6.21. The Morgan fingerprint density at radius 2 is 1.92 bits per heavy atom. The fourth-order valence-corrected chi connectivity index (χ4v) is 5.39. The van der Waals surface area contributed by atoms with Crippen LogP contribution in [0, 0.1) is 17.7 Å². The molecule has 0 radical (unpaired) electrons. The number of hydrogen-bond acceptors (Lipinski definition) is 4. The van der Waals surface area contributed by atoms with E-state index in [1.165, 1.54) is 36.4 Å². The molecule has 0 aliphatic heterocycles. The van der Waals surface area contributed by atoms with Crippen LogP contribution in [0.1, 0.15) is 18.1 Å². The van der Waals surface area contributed by atoms with Crippen molar-refractivity contribution in [2.24, 2.45) is 0 Å². The summed E-state index contributed by atoms with van der Waals surface area (Å²) in [6, 6.07) is 15.5. The van der Waals surface area contributed by atoms with E-state index in [2.05, 4.69) is 16.6 Å². The summed E-state index contributed by atoms with van der Waals surface area (Å²) in [5.41, 5.74) is 2.05. The van der Waals surface area contributed by atoms with Crippen LogP contribution in [0.3, 0.4) is 0 Å². The zero-order valence-electron chi connectivity index (χ0n) is 20.3. The minimum atomic E-state index is -4.16. The second-order valence-corrected chi connectivity index (χ2v) is 10.6. The number of carboxylic acid groups (broad SMARTS) is 1. The standard InChI is InChI=1S/C28H24ClFN2O5S/c1-2-3-13-37-23-8-10-24(11-9-23)38(35,36)31-26(28(33)34)15-20-18-32(17-19-5-4-6-22(30)14-19)27-12-7-21(29)16-25(20)27/h4-12,14,16,18,26,31H,13,15,17H2,1H3,(H,33,34)/t26-/m0/s1. The SMILES string of the molecule is CC#CCOc1ccc(S(=O)(=O)N[C@@H](Cc2cn(Cc3cccc(F)c3)c3ccc(Cl)cc23)C(=O)O)cc1. The van der Waals surface area contributed by atoms with Gasteiger partial charge in [-0.1, -0.05) is 29.7 Å². The Kier molecular flexibility index (Phi) is 8.37. The molecule has 0 saturated heterocycles. The van der Waals surface area contributed by atoms with Gasteiger partial charge in [0.05, 0.1) is 4.90 Å². The van der Waals surface area contributed by atoms with Crippen molar-refractivity contribution in [3.8, 4) is 17.6 Å². The van der Waals surface area contributed by atoms with E-state index < -0.39 is 22.0 Å². The first-order valence-corrected chi connectivity index (χ1v) is 13.4. The van der Waals surface area contributed by atoms with E-state index >= 15 is 0 Å². The summed E-state index contributed by atoms with van der Waals surface area (Å²) in [4.78, 5) is 12.0. The van der Waals surface area contributed by atoms with Gasteiger partial charge in [0.15, 0.2) is 0 Å². The van der Waals surface area contributed by atoms with Crippen LogP contribution in [-0.4, -0.2) is 36.7 Å². The molecule has 1 heterocycles. The number of aromatic nitrogens is 1. The summed E-state index contributed by atoms with van der Waals surface area (Å²) in [5.74, 6) is 4.17. The van der Waals surface area contributed by atoms with E-state index in [1.807, 2.05) is 4.57 Å². The van der Waals surface area contributed by atoms with Crippen molar-refractivity contribution in [1.82, 2.24) is 9.29 Å². The second-order valence-electron chi connectivity index (χ2n) is 8.48. The predicted molar refractivity (Wildman–Crippen MR) is 143 cm³/mol. The molecule has 0 amide bonds. The highest BCUT2D eigenvalue weighted by Gasteiger charge is 2.27. The predicted octanol–water partition coefficient (Wildman–Crippen LogP) is 4.86. The van der Waals surface area contributed by atoms with Gasteiger partial charge in [-0.15, -0.1) is 5.92 Å². The van der Waals surface area contributed by atoms with Crippen molar-refractivity contribution in [2.75, 3.05) is 6.61 Å². The van der Waals surface area contributed by atoms with Gasteiger partial charge in [-0.3, -0.25) is 4.79 Å². The maximum atomic E-state index is 13.7. The van der Waals surface area contributed by atoms with Crippen molar-refractivity contribution >= 4 is 38.5 Å². The molecule has 0 unspecified atom stereocenters. The van der Waals surface area contributed by atoms with Gasteiger partial charge < -0.3 is 14.4 Å². The molecule has 0 bridgehead atoms. The molecule has 0 aliphatic rings. The maximum absolute atomic E-state index is 13.7. The lowest BCUT2D eigenvalue weighted by Crippen LogP contribution is -2.42. The first-order valence-electron chi connectivity index (χ1n) is 11.6. The molecule has 0 saturated carbocycles. The summed E-state index contributed by atoms with van der Waals surface area (Å²) in [7, 11) is -4.16. The minimum Gasteiger partial charge on any atom is -0.481 e. The molecule has 4 aromatic rings. The quantitative estimate of drug-likeness (QED) is 0.273. The Labute approximate surface area is 224 Å². The number of ether oxygens (including phenoxy) is 1. The number of carbonyl (C=O) groups is 1. The van der Waals surface area contributed by atoms with Gasteiger partial charge >= 0.3 is 5.97 Å². The number of carboxylic acids is 1. The van der Waals surface area contributed by atoms with Gasteiger partial charge in [-0.25, -0.2) is 12.8 Å². The van der Waals surface area contributed by atoms with Crippen LogP contribution in [0.4, 0.5) is 4.39 Å². The average Bonchev–Trinajstić information content (AvgIpc) is 3.19. The summed E-state index contributed by atoms with van der Waals surface area (Å²) in [6.07, 6.45) is 1.60. The fourth-order valence-electron chi connectivity index (χ4n) is 4.03. The van der Waals surface area contributed by atoms with Gasteiger partial charge in [-0.05, 0) is 72.6 Å². The van der Waals surface area contributed by atoms with Gasteiger partial charge in [-0.2, -0.15) is 4.72 Å². The van der Waals surface area contributed by atoms with Crippen LogP contribution >= 0.6 is 11.6 Å². The maximum Gasteiger partial charge on any atom is 0.322 e. The Bertz CT molecular complexity index is 1640. The lowest BCUT2D eigenvalue weighted by atomic mass is 10.1. The highest BCUT2D eigenvalue weighted by Crippen LogP contribution is 2.27. The zero-order valence-corrected chi connectivity index (χ0v) is 21.9. The first-order chi connectivity index (χ1) is 18.2. The number of sulfonamides is 1. The van der Waals surface area contributed by atoms with Gasteiger partial charge in [0.25, 0.3) is 0 Å². The summed E-state index contributed by atoms with van der Waals surface area (Å²) in [6.45, 7) is 2.18. The average molecular weight is 555 g/mol. The molecule has 10 heteroatoms. The molecule has 7 nitrogen and oxygen atoms in total. The third kappa shape index (κ3) is 6.53. The van der Waals surface area contributed by atoms with Crippen molar-refractivity contribution in [3.05, 3.63) is 94.9 Å². The van der Waals surface area contributed by atoms with Crippen molar-refractivity contribution in [3.63, 3.8) is 0 Å². The monoisotopic (exact) mass is 554 g/mol. The molecule has 1 atom stereocenters. The van der Waals surface area contributed by atoms with Crippen LogP contribution in [0.15, 0.2) is 77.8 Å². The second kappa shape index (κ2) is 11.7. The van der Waals surface area contributed by atoms with E-state index in [0.29, 0.717) is 33.8 Å². The summed E-state index contributed by atoms with van der Waals surface area (Å²) < 4.78 is 49.3. The topological polar surface area (TPSA) is 97.6 Å². The van der Waals surface area contributed by atoms with E-state index in [4.69, 9.17) is 16.3 Å². The number of benzene rings is 3. The van der Waals surface area contributed by atoms with Gasteiger partial charge in [0, 0.05) is 35.1 Å². The molecule has 2 N–H and O–H groups in total. The highest BCUT2D eigenvalue weighted by molar-refractivity contribution is 7.89. The van der Waals surface area contributed by atoms with Crippen LogP contribution in [0.25, 0.3) is 10.9 Å². The third-order valence-corrected chi connectivity index (χ3v) is 7.53. The Morgan fingerprint density at radius 3 is 2.61 bits per heavy atom. The van der Waals surface area contributed by atoms with Crippen LogP contribution in [-0.2, 0) is 27.8 Å². The molecule has 4 rings (SSSR count). The Morgan fingerprint density at radius 1 is 1.16 bits per heavy atom. The van der Waals surface area contributed by atoms with Crippen LogP contribution < -0.4 is 9.46 Å². The number of nitrogens with one attached hydrogen (secondary N) is 1. The molecule has 0 fully saturated rings. The largest absolute Gasteiger partial charge is 0.481 e. The number of fused-ring (bicyclic) bond motifs is 1. The zero-order chi connectivity index (χ0) is 27.3. The van der Waals surface area contributed by atoms with Crippen LogP contribution in [0.5, 0.6) is 5.75 Å². The normalized spacial score (nSPS) is 12.1. The number of aliphatic carboxylic acids is 1. The number of halogens is 2. The van der Waals surface area contributed by atoms with E-state index in [1.54, 1.807) is 43.5 Å². The molecule has 196 valence electrons. The molecule has 3 aromatic carbocycles. The number of rotatable bonds is 10. The van der Waals surface area contributed by atoms with Crippen LogP contribution in [0.2, 0.25) is 5.02 Å². The minimum absolute atomic E-state index is 0.103. The molecule has 0 spiro atoms.